The summed E-state index contributed by atoms with van der Waals surface area (Å²) in [5.41, 5.74) is 1.33. The van der Waals surface area contributed by atoms with Crippen molar-refractivity contribution in [2.24, 2.45) is 5.92 Å². The van der Waals surface area contributed by atoms with Gasteiger partial charge in [-0.15, -0.1) is 0 Å². The van der Waals surface area contributed by atoms with E-state index in [1.807, 2.05) is 7.05 Å². The molecule has 0 bridgehead atoms. The lowest BCUT2D eigenvalue weighted by Gasteiger charge is -2.27. The monoisotopic (exact) mass is 220 g/mol. The van der Waals surface area contributed by atoms with Crippen molar-refractivity contribution in [3.63, 3.8) is 0 Å². The van der Waals surface area contributed by atoms with Gasteiger partial charge in [-0.1, -0.05) is 31.5 Å². The largest absolute Gasteiger partial charge is 0.371 e. The van der Waals surface area contributed by atoms with E-state index in [1.54, 1.807) is 0 Å². The molecule has 0 heterocycles. The van der Waals surface area contributed by atoms with Crippen LogP contribution in [0, 0.1) is 5.92 Å². The van der Waals surface area contributed by atoms with Gasteiger partial charge < -0.3 is 10.2 Å². The van der Waals surface area contributed by atoms with Crippen LogP contribution in [0.5, 0.6) is 0 Å². The zero-order valence-electron chi connectivity index (χ0n) is 10.7. The van der Waals surface area contributed by atoms with Gasteiger partial charge in [-0.25, -0.2) is 0 Å². The van der Waals surface area contributed by atoms with Crippen molar-refractivity contribution in [1.82, 2.24) is 5.32 Å². The Labute approximate surface area is 99.7 Å². The lowest BCUT2D eigenvalue weighted by molar-refractivity contribution is 0.478. The highest BCUT2D eigenvalue weighted by molar-refractivity contribution is 5.45. The second kappa shape index (κ2) is 7.29. The summed E-state index contributed by atoms with van der Waals surface area (Å²) in [4.78, 5) is 2.45. The molecule has 0 aliphatic carbocycles. The van der Waals surface area contributed by atoms with Crippen molar-refractivity contribution in [2.75, 3.05) is 31.6 Å². The fourth-order valence-corrected chi connectivity index (χ4v) is 1.99. The molecule has 2 nitrogen and oxygen atoms in total. The number of anilines is 1. The fraction of sp³-hybridized carbons (Fsp3) is 0.571. The Morgan fingerprint density at radius 1 is 1.19 bits per heavy atom. The lowest BCUT2D eigenvalue weighted by Crippen LogP contribution is -2.33. The summed E-state index contributed by atoms with van der Waals surface area (Å²) in [6, 6.07) is 10.7. The van der Waals surface area contributed by atoms with Gasteiger partial charge in [0, 0.05) is 18.8 Å². The summed E-state index contributed by atoms with van der Waals surface area (Å²) < 4.78 is 0. The van der Waals surface area contributed by atoms with Crippen LogP contribution in [0.3, 0.4) is 0 Å². The molecule has 0 radical (unpaired) electrons. The first kappa shape index (κ1) is 13.0. The molecule has 0 aliphatic heterocycles. The van der Waals surface area contributed by atoms with E-state index >= 15 is 0 Å². The van der Waals surface area contributed by atoms with E-state index in [0.29, 0.717) is 0 Å². The number of para-hydroxylation sites is 1. The van der Waals surface area contributed by atoms with Crippen LogP contribution in [0.25, 0.3) is 0 Å². The molecule has 1 aromatic rings. The molecule has 0 fully saturated rings. The highest BCUT2D eigenvalue weighted by Crippen LogP contribution is 2.15. The fourth-order valence-electron chi connectivity index (χ4n) is 1.99. The topological polar surface area (TPSA) is 15.3 Å². The van der Waals surface area contributed by atoms with Crippen LogP contribution in [0.2, 0.25) is 0 Å². The number of benzene rings is 1. The zero-order valence-corrected chi connectivity index (χ0v) is 10.7. The van der Waals surface area contributed by atoms with Gasteiger partial charge in [0.25, 0.3) is 0 Å². The number of nitrogens with zero attached hydrogens (tertiary/aromatic N) is 1. The van der Waals surface area contributed by atoms with Crippen LogP contribution in [0.4, 0.5) is 5.69 Å². The molecule has 1 aromatic carbocycles. The minimum absolute atomic E-state index is 0.727. The molecular weight excluding hydrogens is 196 g/mol. The first-order chi connectivity index (χ1) is 7.81. The van der Waals surface area contributed by atoms with Crippen LogP contribution in [-0.2, 0) is 0 Å². The third-order valence-electron chi connectivity index (χ3n) is 3.05. The van der Waals surface area contributed by atoms with Gasteiger partial charge in [-0.2, -0.15) is 0 Å². The zero-order chi connectivity index (χ0) is 11.8. The smallest absolute Gasteiger partial charge is 0.0366 e. The summed E-state index contributed by atoms with van der Waals surface area (Å²) >= 11 is 0. The maximum Gasteiger partial charge on any atom is 0.0366 e. The van der Waals surface area contributed by atoms with Gasteiger partial charge in [0.2, 0.25) is 0 Å². The molecule has 1 unspecified atom stereocenters. The summed E-state index contributed by atoms with van der Waals surface area (Å²) in [5.74, 6) is 0.727. The molecule has 0 saturated carbocycles. The molecule has 2 heteroatoms. The van der Waals surface area contributed by atoms with Crippen molar-refractivity contribution in [3.05, 3.63) is 30.3 Å². The Morgan fingerprint density at radius 2 is 1.88 bits per heavy atom. The van der Waals surface area contributed by atoms with E-state index in [9.17, 15) is 0 Å². The minimum atomic E-state index is 0.727. The van der Waals surface area contributed by atoms with Crippen LogP contribution in [0.1, 0.15) is 20.3 Å². The van der Waals surface area contributed by atoms with Gasteiger partial charge in [0.1, 0.15) is 0 Å². The predicted molar refractivity (Wildman–Crippen MR) is 72.0 cm³/mol. The third kappa shape index (κ3) is 3.86. The molecule has 1 atom stereocenters. The minimum Gasteiger partial charge on any atom is -0.371 e. The SMILES string of the molecule is CCC(CNC)CN(CC)c1ccccc1. The normalized spacial score (nSPS) is 12.4. The van der Waals surface area contributed by atoms with E-state index in [2.05, 4.69) is 54.4 Å². The van der Waals surface area contributed by atoms with Gasteiger partial charge in [0.05, 0.1) is 0 Å². The summed E-state index contributed by atoms with van der Waals surface area (Å²) in [5, 5.41) is 3.27. The van der Waals surface area contributed by atoms with E-state index in [0.717, 1.165) is 25.6 Å². The van der Waals surface area contributed by atoms with Gasteiger partial charge in [-0.05, 0) is 38.6 Å². The quantitative estimate of drug-likeness (QED) is 0.760. The second-order valence-corrected chi connectivity index (χ2v) is 4.21. The third-order valence-corrected chi connectivity index (χ3v) is 3.05. The first-order valence-corrected chi connectivity index (χ1v) is 6.26. The van der Waals surface area contributed by atoms with Gasteiger partial charge in [0.15, 0.2) is 0 Å². The highest BCUT2D eigenvalue weighted by atomic mass is 15.1. The molecule has 0 saturated heterocycles. The number of hydrogen-bond acceptors (Lipinski definition) is 2. The molecule has 1 rings (SSSR count). The maximum absolute atomic E-state index is 3.27. The number of rotatable bonds is 7. The Morgan fingerprint density at radius 3 is 2.38 bits per heavy atom. The predicted octanol–water partition coefficient (Wildman–Crippen LogP) is 2.76. The van der Waals surface area contributed by atoms with Crippen molar-refractivity contribution in [3.8, 4) is 0 Å². The summed E-state index contributed by atoms with van der Waals surface area (Å²) in [7, 11) is 2.03. The maximum atomic E-state index is 3.27. The molecule has 1 N–H and O–H groups in total. The van der Waals surface area contributed by atoms with Gasteiger partial charge in [-0.3, -0.25) is 0 Å². The summed E-state index contributed by atoms with van der Waals surface area (Å²) in [6.07, 6.45) is 1.23. The van der Waals surface area contributed by atoms with Crippen molar-refractivity contribution < 1.29 is 0 Å². The van der Waals surface area contributed by atoms with Crippen molar-refractivity contribution >= 4 is 5.69 Å². The highest BCUT2D eigenvalue weighted by Gasteiger charge is 2.10. The Kier molecular flexibility index (Phi) is 5.94. The second-order valence-electron chi connectivity index (χ2n) is 4.21. The van der Waals surface area contributed by atoms with E-state index in [-0.39, 0.29) is 0 Å². The molecule has 0 amide bonds. The molecular formula is C14H24N2. The average molecular weight is 220 g/mol. The Hall–Kier alpha value is -1.02. The van der Waals surface area contributed by atoms with Crippen LogP contribution >= 0.6 is 0 Å². The molecule has 16 heavy (non-hydrogen) atoms. The Balaban J connectivity index is 2.61. The number of nitrogens with one attached hydrogen (secondary N) is 1. The van der Waals surface area contributed by atoms with Gasteiger partial charge >= 0.3 is 0 Å². The number of hydrogen-bond donors (Lipinski definition) is 1. The molecule has 0 aliphatic rings. The average Bonchev–Trinajstić information content (AvgIpc) is 2.35. The van der Waals surface area contributed by atoms with Crippen molar-refractivity contribution in [1.29, 1.82) is 0 Å². The van der Waals surface area contributed by atoms with Crippen LogP contribution in [0.15, 0.2) is 30.3 Å². The molecule has 0 aromatic heterocycles. The molecule has 0 spiro atoms. The Bertz CT molecular complexity index is 271. The lowest BCUT2D eigenvalue weighted by atomic mass is 10.1. The molecule has 90 valence electrons. The first-order valence-electron chi connectivity index (χ1n) is 6.26. The van der Waals surface area contributed by atoms with Crippen LogP contribution < -0.4 is 10.2 Å². The standard InChI is InChI=1S/C14H24N2/c1-4-13(11-15-3)12-16(5-2)14-9-7-6-8-10-14/h6-10,13,15H,4-5,11-12H2,1-3H3. The van der Waals surface area contributed by atoms with Crippen LogP contribution in [-0.4, -0.2) is 26.7 Å². The summed E-state index contributed by atoms with van der Waals surface area (Å²) in [6.45, 7) is 7.79. The van der Waals surface area contributed by atoms with E-state index in [1.165, 1.54) is 12.1 Å². The van der Waals surface area contributed by atoms with Crippen molar-refractivity contribution in [2.45, 2.75) is 20.3 Å². The van der Waals surface area contributed by atoms with E-state index in [4.69, 9.17) is 0 Å². The van der Waals surface area contributed by atoms with E-state index < -0.39 is 0 Å².